The molecule has 1 amide bonds. The highest BCUT2D eigenvalue weighted by molar-refractivity contribution is 7.80. The average molecular weight is 441 g/mol. The number of thiocarbonyl (C=S) groups is 1. The number of carbonyl (C=O) groups excluding carboxylic acids is 2. The molecule has 2 aromatic rings. The number of nitrogens with one attached hydrogen (secondary N) is 1. The fourth-order valence-corrected chi connectivity index (χ4v) is 4.85. The lowest BCUT2D eigenvalue weighted by Crippen LogP contribution is -2.47. The van der Waals surface area contributed by atoms with Crippen molar-refractivity contribution in [1.82, 2.24) is 10.2 Å². The summed E-state index contributed by atoms with van der Waals surface area (Å²) in [6, 6.07) is 5.49. The minimum Gasteiger partial charge on any atom is -0.497 e. The number of hydrogen-bond acceptors (Lipinski definition) is 6. The highest BCUT2D eigenvalue weighted by atomic mass is 35.5. The molecule has 2 heterocycles. The number of carbonyl (C=O) groups is 2. The van der Waals surface area contributed by atoms with Crippen molar-refractivity contribution in [1.29, 1.82) is 0 Å². The molecular weight excluding hydrogens is 420 g/mol. The Labute approximate surface area is 177 Å². The second-order valence-electron chi connectivity index (χ2n) is 6.38. The summed E-state index contributed by atoms with van der Waals surface area (Å²) in [5.41, 5.74) is 0. The van der Waals surface area contributed by atoms with Gasteiger partial charge in [-0.2, -0.15) is 0 Å². The van der Waals surface area contributed by atoms with Gasteiger partial charge in [-0.3, -0.25) is 14.9 Å². The first-order valence-electron chi connectivity index (χ1n) is 8.97. The first-order valence-corrected chi connectivity index (χ1v) is 10.6. The van der Waals surface area contributed by atoms with Crippen LogP contribution >= 0.6 is 35.2 Å². The zero-order valence-corrected chi connectivity index (χ0v) is 18.0. The van der Waals surface area contributed by atoms with E-state index >= 15 is 0 Å². The van der Waals surface area contributed by atoms with Crippen LogP contribution < -0.4 is 10.1 Å². The number of piperidine rings is 1. The number of amides is 1. The third-order valence-electron chi connectivity index (χ3n) is 4.67. The van der Waals surface area contributed by atoms with E-state index in [1.54, 1.807) is 20.1 Å². The Morgan fingerprint density at radius 1 is 1.36 bits per heavy atom. The van der Waals surface area contributed by atoms with E-state index in [4.69, 9.17) is 33.3 Å². The molecule has 150 valence electrons. The molecule has 6 nitrogen and oxygen atoms in total. The maximum Gasteiger partial charge on any atom is 0.309 e. The maximum absolute atomic E-state index is 12.7. The number of methoxy groups -OCH3 is 1. The Kier molecular flexibility index (Phi) is 6.74. The first kappa shape index (κ1) is 20.8. The van der Waals surface area contributed by atoms with Gasteiger partial charge in [0.15, 0.2) is 5.11 Å². The van der Waals surface area contributed by atoms with Crippen LogP contribution in [0.3, 0.4) is 0 Å². The Bertz CT molecular complexity index is 907. The number of nitrogens with zero attached hydrogens (tertiary/aromatic N) is 1. The summed E-state index contributed by atoms with van der Waals surface area (Å²) in [5.74, 6) is 0.103. The molecule has 3 rings (SSSR count). The van der Waals surface area contributed by atoms with E-state index in [1.165, 1.54) is 11.3 Å². The van der Waals surface area contributed by atoms with E-state index in [1.807, 2.05) is 17.0 Å². The topological polar surface area (TPSA) is 67.9 Å². The van der Waals surface area contributed by atoms with Crippen LogP contribution in [-0.2, 0) is 9.53 Å². The maximum atomic E-state index is 12.7. The minimum absolute atomic E-state index is 0.110. The van der Waals surface area contributed by atoms with E-state index in [0.717, 1.165) is 10.1 Å². The molecule has 1 aliphatic rings. The molecule has 0 saturated carbocycles. The molecule has 28 heavy (non-hydrogen) atoms. The fraction of sp³-hybridized carbons (Fsp3) is 0.421. The number of benzene rings is 1. The summed E-state index contributed by atoms with van der Waals surface area (Å²) >= 11 is 13.1. The Morgan fingerprint density at radius 2 is 2.07 bits per heavy atom. The first-order chi connectivity index (χ1) is 13.4. The second kappa shape index (κ2) is 9.07. The number of hydrogen-bond donors (Lipinski definition) is 1. The molecule has 1 fully saturated rings. The number of likely N-dealkylation sites (tertiary alicyclic amines) is 1. The summed E-state index contributed by atoms with van der Waals surface area (Å²) in [6.45, 7) is 3.38. The number of esters is 1. The van der Waals surface area contributed by atoms with E-state index in [-0.39, 0.29) is 17.8 Å². The van der Waals surface area contributed by atoms with Crippen molar-refractivity contribution < 1.29 is 19.1 Å². The summed E-state index contributed by atoms with van der Waals surface area (Å²) in [7, 11) is 1.59. The SMILES string of the molecule is CCOC(=O)C1CCN(C(=S)NC(=O)c2sc3cc(OC)ccc3c2Cl)CC1. The van der Waals surface area contributed by atoms with E-state index in [9.17, 15) is 9.59 Å². The fourth-order valence-electron chi connectivity index (χ4n) is 3.13. The molecule has 0 radical (unpaired) electrons. The van der Waals surface area contributed by atoms with Gasteiger partial charge in [-0.25, -0.2) is 0 Å². The molecule has 1 N–H and O–H groups in total. The molecule has 1 aliphatic heterocycles. The van der Waals surface area contributed by atoms with Crippen molar-refractivity contribution in [3.63, 3.8) is 0 Å². The average Bonchev–Trinajstić information content (AvgIpc) is 3.04. The van der Waals surface area contributed by atoms with Crippen LogP contribution in [0.25, 0.3) is 10.1 Å². The van der Waals surface area contributed by atoms with Crippen LogP contribution in [0.4, 0.5) is 0 Å². The van der Waals surface area contributed by atoms with Crippen LogP contribution in [0.15, 0.2) is 18.2 Å². The van der Waals surface area contributed by atoms with Crippen molar-refractivity contribution in [2.75, 3.05) is 26.8 Å². The number of fused-ring (bicyclic) bond motifs is 1. The summed E-state index contributed by atoms with van der Waals surface area (Å²) in [5, 5.41) is 4.32. The summed E-state index contributed by atoms with van der Waals surface area (Å²) in [6.07, 6.45) is 1.30. The zero-order valence-electron chi connectivity index (χ0n) is 15.6. The molecule has 0 aliphatic carbocycles. The van der Waals surface area contributed by atoms with Gasteiger partial charge in [-0.05, 0) is 50.2 Å². The van der Waals surface area contributed by atoms with Gasteiger partial charge in [0, 0.05) is 23.2 Å². The van der Waals surface area contributed by atoms with E-state index < -0.39 is 0 Å². The Morgan fingerprint density at radius 3 is 2.71 bits per heavy atom. The van der Waals surface area contributed by atoms with Crippen molar-refractivity contribution in [3.05, 3.63) is 28.1 Å². The van der Waals surface area contributed by atoms with Gasteiger partial charge in [-0.15, -0.1) is 11.3 Å². The van der Waals surface area contributed by atoms with Gasteiger partial charge in [-0.1, -0.05) is 11.6 Å². The van der Waals surface area contributed by atoms with Gasteiger partial charge in [0.25, 0.3) is 5.91 Å². The normalized spacial score (nSPS) is 14.8. The molecule has 0 unspecified atom stereocenters. The van der Waals surface area contributed by atoms with Gasteiger partial charge < -0.3 is 14.4 Å². The third kappa shape index (κ3) is 4.39. The minimum atomic E-state index is -0.331. The number of rotatable bonds is 4. The van der Waals surface area contributed by atoms with E-state index in [0.29, 0.717) is 53.3 Å². The standard InChI is InChI=1S/C19H21ClN2O4S2/c1-3-26-18(24)11-6-8-22(9-7-11)19(27)21-17(23)16-15(20)13-5-4-12(25-2)10-14(13)28-16/h4-5,10-11H,3,6-9H2,1-2H3,(H,21,23,27). The highest BCUT2D eigenvalue weighted by Gasteiger charge is 2.28. The summed E-state index contributed by atoms with van der Waals surface area (Å²) in [4.78, 5) is 26.8. The largest absolute Gasteiger partial charge is 0.497 e. The smallest absolute Gasteiger partial charge is 0.309 e. The van der Waals surface area contributed by atoms with Crippen molar-refractivity contribution in [2.45, 2.75) is 19.8 Å². The van der Waals surface area contributed by atoms with Gasteiger partial charge >= 0.3 is 5.97 Å². The highest BCUT2D eigenvalue weighted by Crippen LogP contribution is 2.37. The Balaban J connectivity index is 1.63. The van der Waals surface area contributed by atoms with Crippen LogP contribution in [0.1, 0.15) is 29.4 Å². The molecule has 9 heteroatoms. The van der Waals surface area contributed by atoms with Crippen LogP contribution in [0.5, 0.6) is 5.75 Å². The third-order valence-corrected chi connectivity index (χ3v) is 6.68. The lowest BCUT2D eigenvalue weighted by Gasteiger charge is -2.32. The molecular formula is C19H21ClN2O4S2. The number of thiophene rings is 1. The molecule has 1 aromatic heterocycles. The van der Waals surface area contributed by atoms with Crippen molar-refractivity contribution in [3.8, 4) is 5.75 Å². The monoisotopic (exact) mass is 440 g/mol. The van der Waals surface area contributed by atoms with Gasteiger partial charge in [0.1, 0.15) is 10.6 Å². The molecule has 1 aromatic carbocycles. The Hall–Kier alpha value is -1.90. The second-order valence-corrected chi connectivity index (χ2v) is 8.20. The molecule has 0 bridgehead atoms. The predicted octanol–water partition coefficient (Wildman–Crippen LogP) is 3.85. The quantitative estimate of drug-likeness (QED) is 0.575. The number of ether oxygens (including phenoxy) is 2. The lowest BCUT2D eigenvalue weighted by molar-refractivity contribution is -0.149. The molecule has 0 spiro atoms. The molecule has 0 atom stereocenters. The van der Waals surface area contributed by atoms with Crippen molar-refractivity contribution in [2.24, 2.45) is 5.92 Å². The summed E-state index contributed by atoms with van der Waals surface area (Å²) < 4.78 is 11.2. The predicted molar refractivity (Wildman–Crippen MR) is 114 cm³/mol. The zero-order chi connectivity index (χ0) is 20.3. The van der Waals surface area contributed by atoms with Gasteiger partial charge in [0.2, 0.25) is 0 Å². The van der Waals surface area contributed by atoms with Crippen LogP contribution in [-0.4, -0.2) is 48.7 Å². The van der Waals surface area contributed by atoms with E-state index in [2.05, 4.69) is 5.32 Å². The lowest BCUT2D eigenvalue weighted by atomic mass is 9.97. The van der Waals surface area contributed by atoms with Crippen molar-refractivity contribution >= 4 is 62.2 Å². The molecule has 1 saturated heterocycles. The van der Waals surface area contributed by atoms with Gasteiger partial charge in [0.05, 0.1) is 24.7 Å². The van der Waals surface area contributed by atoms with Crippen LogP contribution in [0.2, 0.25) is 5.02 Å². The van der Waals surface area contributed by atoms with Crippen LogP contribution in [0, 0.1) is 5.92 Å². The number of halogens is 1.